The molecule has 1 aliphatic rings. The standard InChI is InChI=1S/C10H14N4O3/c1-13-4-6(3-12-13)8-9(10(11)16)17-5-7(15)14(8)2/h3-4,8-9H,5H2,1-2H3,(H2,11,16)/t8-,9+/m0/s1. The van der Waals surface area contributed by atoms with E-state index in [9.17, 15) is 9.59 Å². The average molecular weight is 238 g/mol. The lowest BCUT2D eigenvalue weighted by atomic mass is 10.0. The van der Waals surface area contributed by atoms with Gasteiger partial charge in [-0.1, -0.05) is 0 Å². The summed E-state index contributed by atoms with van der Waals surface area (Å²) >= 11 is 0. The molecular weight excluding hydrogens is 224 g/mol. The van der Waals surface area contributed by atoms with E-state index in [1.54, 1.807) is 31.2 Å². The summed E-state index contributed by atoms with van der Waals surface area (Å²) < 4.78 is 6.79. The van der Waals surface area contributed by atoms with E-state index < -0.39 is 18.1 Å². The van der Waals surface area contributed by atoms with Crippen molar-refractivity contribution in [2.24, 2.45) is 12.8 Å². The third-order valence-electron chi connectivity index (χ3n) is 2.83. The van der Waals surface area contributed by atoms with Crippen molar-refractivity contribution in [3.05, 3.63) is 18.0 Å². The predicted octanol–water partition coefficient (Wildman–Crippen LogP) is -1.20. The number of carbonyl (C=O) groups excluding carboxylic acids is 2. The number of likely N-dealkylation sites (N-methyl/N-ethyl adjacent to an activating group) is 1. The zero-order chi connectivity index (χ0) is 12.6. The van der Waals surface area contributed by atoms with Crippen LogP contribution in [0.4, 0.5) is 0 Å². The van der Waals surface area contributed by atoms with Crippen LogP contribution in [0, 0.1) is 0 Å². The Bertz CT molecular complexity index is 456. The number of rotatable bonds is 2. The van der Waals surface area contributed by atoms with E-state index in [-0.39, 0.29) is 12.5 Å². The number of amides is 2. The van der Waals surface area contributed by atoms with Crippen LogP contribution in [0.1, 0.15) is 11.6 Å². The summed E-state index contributed by atoms with van der Waals surface area (Å²) in [4.78, 5) is 24.4. The van der Waals surface area contributed by atoms with Gasteiger partial charge in [-0.3, -0.25) is 14.3 Å². The Hall–Kier alpha value is -1.89. The number of carbonyl (C=O) groups is 2. The van der Waals surface area contributed by atoms with Gasteiger partial charge in [-0.05, 0) is 0 Å². The molecule has 0 radical (unpaired) electrons. The molecule has 0 unspecified atom stereocenters. The smallest absolute Gasteiger partial charge is 0.249 e. The third-order valence-corrected chi connectivity index (χ3v) is 2.83. The molecular formula is C10H14N4O3. The van der Waals surface area contributed by atoms with Crippen LogP contribution in [0.15, 0.2) is 12.4 Å². The molecule has 0 spiro atoms. The first-order valence-electron chi connectivity index (χ1n) is 5.16. The van der Waals surface area contributed by atoms with Crippen molar-refractivity contribution in [2.75, 3.05) is 13.7 Å². The lowest BCUT2D eigenvalue weighted by Gasteiger charge is -2.36. The Morgan fingerprint density at radius 1 is 1.59 bits per heavy atom. The van der Waals surface area contributed by atoms with Gasteiger partial charge in [0.25, 0.3) is 0 Å². The van der Waals surface area contributed by atoms with E-state index in [0.29, 0.717) is 0 Å². The fourth-order valence-corrected chi connectivity index (χ4v) is 1.94. The zero-order valence-corrected chi connectivity index (χ0v) is 9.66. The van der Waals surface area contributed by atoms with Crippen LogP contribution in [0.2, 0.25) is 0 Å². The van der Waals surface area contributed by atoms with Gasteiger partial charge in [0, 0.05) is 25.9 Å². The maximum absolute atomic E-state index is 11.6. The maximum atomic E-state index is 11.6. The molecule has 1 aliphatic heterocycles. The monoisotopic (exact) mass is 238 g/mol. The van der Waals surface area contributed by atoms with Crippen molar-refractivity contribution in [3.8, 4) is 0 Å². The number of aryl methyl sites for hydroxylation is 1. The van der Waals surface area contributed by atoms with Crippen LogP contribution >= 0.6 is 0 Å². The van der Waals surface area contributed by atoms with E-state index in [1.807, 2.05) is 0 Å². The van der Waals surface area contributed by atoms with Crippen LogP contribution < -0.4 is 5.73 Å². The molecule has 0 saturated carbocycles. The molecule has 0 aromatic carbocycles. The fourth-order valence-electron chi connectivity index (χ4n) is 1.94. The van der Waals surface area contributed by atoms with Gasteiger partial charge in [-0.25, -0.2) is 0 Å². The van der Waals surface area contributed by atoms with Gasteiger partial charge in [-0.15, -0.1) is 0 Å². The summed E-state index contributed by atoms with van der Waals surface area (Å²) in [5.41, 5.74) is 6.01. The number of hydrogen-bond acceptors (Lipinski definition) is 4. The van der Waals surface area contributed by atoms with Crippen molar-refractivity contribution >= 4 is 11.8 Å². The number of nitrogens with zero attached hydrogens (tertiary/aromatic N) is 3. The van der Waals surface area contributed by atoms with Gasteiger partial charge in [0.1, 0.15) is 6.61 Å². The van der Waals surface area contributed by atoms with Crippen molar-refractivity contribution in [2.45, 2.75) is 12.1 Å². The highest BCUT2D eigenvalue weighted by Crippen LogP contribution is 2.28. The first-order valence-corrected chi connectivity index (χ1v) is 5.16. The molecule has 92 valence electrons. The molecule has 2 heterocycles. The van der Waals surface area contributed by atoms with Gasteiger partial charge in [0.05, 0.1) is 12.2 Å². The van der Waals surface area contributed by atoms with Gasteiger partial charge >= 0.3 is 0 Å². The second-order valence-electron chi connectivity index (χ2n) is 4.03. The zero-order valence-electron chi connectivity index (χ0n) is 9.66. The molecule has 0 aliphatic carbocycles. The van der Waals surface area contributed by atoms with Gasteiger partial charge < -0.3 is 15.4 Å². The average Bonchev–Trinajstić information content (AvgIpc) is 2.68. The van der Waals surface area contributed by atoms with E-state index >= 15 is 0 Å². The second-order valence-corrected chi connectivity index (χ2v) is 4.03. The summed E-state index contributed by atoms with van der Waals surface area (Å²) in [6.45, 7) is -0.124. The Morgan fingerprint density at radius 2 is 2.29 bits per heavy atom. The van der Waals surface area contributed by atoms with Crippen LogP contribution in [-0.4, -0.2) is 46.3 Å². The Labute approximate surface area is 98.1 Å². The molecule has 1 fully saturated rings. The number of hydrogen-bond donors (Lipinski definition) is 1. The molecule has 7 heteroatoms. The predicted molar refractivity (Wildman–Crippen MR) is 57.7 cm³/mol. The van der Waals surface area contributed by atoms with Crippen molar-refractivity contribution in [1.82, 2.24) is 14.7 Å². The highest BCUT2D eigenvalue weighted by atomic mass is 16.5. The Balaban J connectivity index is 2.36. The number of morpholine rings is 1. The summed E-state index contributed by atoms with van der Waals surface area (Å²) in [6, 6.07) is -0.512. The van der Waals surface area contributed by atoms with Gasteiger partial charge in [-0.2, -0.15) is 5.10 Å². The van der Waals surface area contributed by atoms with Crippen LogP contribution in [0.5, 0.6) is 0 Å². The molecule has 17 heavy (non-hydrogen) atoms. The second kappa shape index (κ2) is 4.17. The molecule has 1 aromatic heterocycles. The SMILES string of the molecule is CN1C(=O)CO[C@@H](C(N)=O)[C@@H]1c1cnn(C)c1. The first kappa shape index (κ1) is 11.6. The Morgan fingerprint density at radius 3 is 2.82 bits per heavy atom. The maximum Gasteiger partial charge on any atom is 0.249 e. The third kappa shape index (κ3) is 2.01. The number of aromatic nitrogens is 2. The summed E-state index contributed by atoms with van der Waals surface area (Å²) in [6.07, 6.45) is 2.50. The first-order chi connectivity index (χ1) is 8.00. The molecule has 1 saturated heterocycles. The number of primary amides is 1. The highest BCUT2D eigenvalue weighted by Gasteiger charge is 2.39. The fraction of sp³-hybridized carbons (Fsp3) is 0.500. The highest BCUT2D eigenvalue weighted by molar-refractivity contribution is 5.85. The van der Waals surface area contributed by atoms with Crippen molar-refractivity contribution in [1.29, 1.82) is 0 Å². The topological polar surface area (TPSA) is 90.4 Å². The quantitative estimate of drug-likeness (QED) is 0.701. The largest absolute Gasteiger partial charge is 0.367 e. The van der Waals surface area contributed by atoms with E-state index in [2.05, 4.69) is 5.10 Å². The normalized spacial score (nSPS) is 25.1. The van der Waals surface area contributed by atoms with E-state index in [4.69, 9.17) is 10.5 Å². The van der Waals surface area contributed by atoms with Crippen LogP contribution in [0.25, 0.3) is 0 Å². The minimum Gasteiger partial charge on any atom is -0.367 e. The molecule has 1 aromatic rings. The van der Waals surface area contributed by atoms with Crippen molar-refractivity contribution < 1.29 is 14.3 Å². The summed E-state index contributed by atoms with van der Waals surface area (Å²) in [5, 5.41) is 4.02. The van der Waals surface area contributed by atoms with Crippen LogP contribution in [-0.2, 0) is 21.4 Å². The summed E-state index contributed by atoms with van der Waals surface area (Å²) in [7, 11) is 3.38. The molecule has 2 atom stereocenters. The minimum absolute atomic E-state index is 0.124. The summed E-state index contributed by atoms with van der Waals surface area (Å²) in [5.74, 6) is -0.769. The Kier molecular flexibility index (Phi) is 2.84. The van der Waals surface area contributed by atoms with E-state index in [1.165, 1.54) is 4.90 Å². The number of nitrogens with two attached hydrogens (primary N) is 1. The molecule has 2 amide bonds. The number of ether oxygens (including phenoxy) is 1. The van der Waals surface area contributed by atoms with Gasteiger partial charge in [0.15, 0.2) is 6.10 Å². The molecule has 0 bridgehead atoms. The lowest BCUT2D eigenvalue weighted by molar-refractivity contribution is -0.160. The lowest BCUT2D eigenvalue weighted by Crippen LogP contribution is -2.51. The molecule has 7 nitrogen and oxygen atoms in total. The van der Waals surface area contributed by atoms with E-state index in [0.717, 1.165) is 5.56 Å². The van der Waals surface area contributed by atoms with Gasteiger partial charge in [0.2, 0.25) is 11.8 Å². The van der Waals surface area contributed by atoms with Crippen molar-refractivity contribution in [3.63, 3.8) is 0 Å². The molecule has 2 N–H and O–H groups in total. The molecule has 2 rings (SSSR count). The minimum atomic E-state index is -0.832. The van der Waals surface area contributed by atoms with Crippen LogP contribution in [0.3, 0.4) is 0 Å².